The molecule has 1 heterocycles. The molecule has 1 N–H and O–H groups in total. The highest BCUT2D eigenvalue weighted by Crippen LogP contribution is 2.68. The van der Waals surface area contributed by atoms with Crippen LogP contribution in [0.3, 0.4) is 0 Å². The number of rotatable bonds is 1. The first-order valence-electron chi connectivity index (χ1n) is 8.04. The van der Waals surface area contributed by atoms with Gasteiger partial charge in [0.15, 0.2) is 4.77 Å². The average Bonchev–Trinajstić information content (AvgIpc) is 2.97. The Morgan fingerprint density at radius 3 is 2.71 bits per heavy atom. The summed E-state index contributed by atoms with van der Waals surface area (Å²) in [6.45, 7) is 9.50. The molecular weight excluding hydrogens is 276 g/mol. The van der Waals surface area contributed by atoms with Gasteiger partial charge in [0.2, 0.25) is 0 Å². The third kappa shape index (κ3) is 1.67. The van der Waals surface area contributed by atoms with Crippen LogP contribution >= 0.6 is 12.2 Å². The summed E-state index contributed by atoms with van der Waals surface area (Å²) < 4.78 is 3.32. The van der Waals surface area contributed by atoms with E-state index in [0.717, 1.165) is 10.7 Å². The highest BCUT2D eigenvalue weighted by atomic mass is 32.1. The molecule has 3 atom stereocenters. The molecule has 2 aliphatic carbocycles. The van der Waals surface area contributed by atoms with Crippen molar-refractivity contribution in [1.82, 2.24) is 9.55 Å². The highest BCUT2D eigenvalue weighted by molar-refractivity contribution is 7.71. The first-order valence-corrected chi connectivity index (χ1v) is 8.45. The van der Waals surface area contributed by atoms with Crippen LogP contribution in [0.5, 0.6) is 0 Å². The van der Waals surface area contributed by atoms with Crippen LogP contribution in [0.25, 0.3) is 11.0 Å². The van der Waals surface area contributed by atoms with E-state index in [4.69, 9.17) is 12.2 Å². The number of hydrogen-bond donors (Lipinski definition) is 1. The van der Waals surface area contributed by atoms with E-state index in [2.05, 4.69) is 55.4 Å². The Kier molecular flexibility index (Phi) is 2.59. The first-order chi connectivity index (χ1) is 9.83. The lowest BCUT2D eigenvalue weighted by molar-refractivity contribution is 0.0855. The smallest absolute Gasteiger partial charge is 0.178 e. The summed E-state index contributed by atoms with van der Waals surface area (Å²) >= 11 is 5.71. The van der Waals surface area contributed by atoms with Gasteiger partial charge in [0.25, 0.3) is 0 Å². The van der Waals surface area contributed by atoms with Crippen molar-refractivity contribution in [2.24, 2.45) is 16.7 Å². The zero-order valence-electron chi connectivity index (χ0n) is 13.4. The highest BCUT2D eigenvalue weighted by Gasteiger charge is 2.60. The third-order valence-electron chi connectivity index (χ3n) is 6.32. The van der Waals surface area contributed by atoms with Gasteiger partial charge >= 0.3 is 0 Å². The van der Waals surface area contributed by atoms with Gasteiger partial charge in [-0.15, -0.1) is 0 Å². The summed E-state index contributed by atoms with van der Waals surface area (Å²) in [6.07, 6.45) is 4.08. The lowest BCUT2D eigenvalue weighted by atomic mass is 9.68. The predicted octanol–water partition coefficient (Wildman–Crippen LogP) is 5.39. The summed E-state index contributed by atoms with van der Waals surface area (Å²) in [5, 5.41) is 0. The molecule has 4 rings (SSSR count). The van der Waals surface area contributed by atoms with Crippen LogP contribution in [0.15, 0.2) is 18.2 Å². The van der Waals surface area contributed by atoms with E-state index in [0.29, 0.717) is 16.9 Å². The lowest BCUT2D eigenvalue weighted by Gasteiger charge is -2.43. The SMILES string of the molecule is Cc1ccc2c(c1)[nH]c(=S)n2C1C2(C)CCC(C2)C1(C)C. The summed E-state index contributed by atoms with van der Waals surface area (Å²) in [4.78, 5) is 3.44. The van der Waals surface area contributed by atoms with Gasteiger partial charge in [-0.05, 0) is 72.8 Å². The van der Waals surface area contributed by atoms with Crippen LogP contribution in [-0.4, -0.2) is 9.55 Å². The predicted molar refractivity (Wildman–Crippen MR) is 90.1 cm³/mol. The fourth-order valence-electron chi connectivity index (χ4n) is 5.42. The quantitative estimate of drug-likeness (QED) is 0.700. The lowest BCUT2D eigenvalue weighted by Crippen LogP contribution is -2.37. The Morgan fingerprint density at radius 2 is 2.05 bits per heavy atom. The van der Waals surface area contributed by atoms with Crippen LogP contribution in [0, 0.1) is 28.4 Å². The standard InChI is InChI=1S/C18H24N2S/c1-11-5-6-14-13(9-11)19-16(21)20(14)15-17(2,3)12-7-8-18(15,4)10-12/h5-6,9,12,15H,7-8,10H2,1-4H3,(H,19,21). The summed E-state index contributed by atoms with van der Waals surface area (Å²) in [5.74, 6) is 0.838. The number of fused-ring (bicyclic) bond motifs is 3. The molecule has 2 bridgehead atoms. The second kappa shape index (κ2) is 4.01. The maximum Gasteiger partial charge on any atom is 0.178 e. The van der Waals surface area contributed by atoms with Crippen LogP contribution < -0.4 is 0 Å². The number of H-pyrrole nitrogens is 1. The number of imidazole rings is 1. The van der Waals surface area contributed by atoms with Gasteiger partial charge in [-0.3, -0.25) is 0 Å². The molecule has 3 heteroatoms. The first kappa shape index (κ1) is 13.6. The summed E-state index contributed by atoms with van der Waals surface area (Å²) in [6, 6.07) is 7.16. The summed E-state index contributed by atoms with van der Waals surface area (Å²) in [7, 11) is 0. The van der Waals surface area contributed by atoms with Crippen molar-refractivity contribution in [3.63, 3.8) is 0 Å². The Bertz CT molecular complexity index is 777. The number of aromatic amines is 1. The molecule has 2 fully saturated rings. The molecule has 2 saturated carbocycles. The van der Waals surface area contributed by atoms with Crippen LogP contribution in [0.1, 0.15) is 51.6 Å². The number of benzene rings is 1. The van der Waals surface area contributed by atoms with E-state index in [1.807, 2.05) is 0 Å². The minimum Gasteiger partial charge on any atom is -0.331 e. The minimum atomic E-state index is 0.325. The Balaban J connectivity index is 1.98. The molecule has 0 amide bonds. The average molecular weight is 300 g/mol. The second-order valence-corrected chi connectivity index (χ2v) is 8.53. The van der Waals surface area contributed by atoms with Crippen LogP contribution in [0.4, 0.5) is 0 Å². The van der Waals surface area contributed by atoms with E-state index in [9.17, 15) is 0 Å². The van der Waals surface area contributed by atoms with Crippen molar-refractivity contribution in [1.29, 1.82) is 0 Å². The van der Waals surface area contributed by atoms with E-state index in [1.54, 1.807) is 0 Å². The van der Waals surface area contributed by atoms with Crippen LogP contribution in [0.2, 0.25) is 0 Å². The third-order valence-corrected chi connectivity index (χ3v) is 6.62. The van der Waals surface area contributed by atoms with Crippen molar-refractivity contribution in [2.45, 2.75) is 53.0 Å². The molecule has 2 aliphatic rings. The zero-order chi connectivity index (χ0) is 15.0. The molecule has 2 aromatic rings. The molecule has 0 spiro atoms. The van der Waals surface area contributed by atoms with Gasteiger partial charge in [-0.1, -0.05) is 26.8 Å². The van der Waals surface area contributed by atoms with Gasteiger partial charge in [0.1, 0.15) is 0 Å². The number of nitrogens with one attached hydrogen (secondary N) is 1. The Labute approximate surface area is 131 Å². The molecular formula is C18H24N2S. The van der Waals surface area contributed by atoms with Crippen LogP contribution in [-0.2, 0) is 0 Å². The van der Waals surface area contributed by atoms with Gasteiger partial charge in [-0.2, -0.15) is 0 Å². The molecule has 2 nitrogen and oxygen atoms in total. The normalized spacial score (nSPS) is 33.9. The van der Waals surface area contributed by atoms with Gasteiger partial charge in [0.05, 0.1) is 11.0 Å². The minimum absolute atomic E-state index is 0.325. The maximum absolute atomic E-state index is 5.71. The molecule has 1 aromatic heterocycles. The topological polar surface area (TPSA) is 20.7 Å². The fourth-order valence-corrected chi connectivity index (χ4v) is 5.74. The second-order valence-electron chi connectivity index (χ2n) is 8.14. The Morgan fingerprint density at radius 1 is 1.29 bits per heavy atom. The van der Waals surface area contributed by atoms with Gasteiger partial charge in [-0.25, -0.2) is 0 Å². The number of aromatic nitrogens is 2. The van der Waals surface area contributed by atoms with E-state index < -0.39 is 0 Å². The van der Waals surface area contributed by atoms with E-state index in [1.165, 1.54) is 35.9 Å². The van der Waals surface area contributed by atoms with E-state index >= 15 is 0 Å². The fraction of sp³-hybridized carbons (Fsp3) is 0.611. The number of nitrogens with zero attached hydrogens (tertiary/aromatic N) is 1. The molecule has 1 aromatic carbocycles. The number of aryl methyl sites for hydroxylation is 1. The number of hydrogen-bond acceptors (Lipinski definition) is 1. The van der Waals surface area contributed by atoms with Gasteiger partial charge < -0.3 is 9.55 Å². The molecule has 0 saturated heterocycles. The van der Waals surface area contributed by atoms with Gasteiger partial charge in [0, 0.05) is 6.04 Å². The molecule has 0 aliphatic heterocycles. The van der Waals surface area contributed by atoms with Crippen molar-refractivity contribution < 1.29 is 0 Å². The van der Waals surface area contributed by atoms with Crippen molar-refractivity contribution >= 4 is 23.3 Å². The molecule has 3 unspecified atom stereocenters. The monoisotopic (exact) mass is 300 g/mol. The zero-order valence-corrected chi connectivity index (χ0v) is 14.2. The van der Waals surface area contributed by atoms with Crippen molar-refractivity contribution in [3.8, 4) is 0 Å². The molecule has 21 heavy (non-hydrogen) atoms. The van der Waals surface area contributed by atoms with E-state index in [-0.39, 0.29) is 0 Å². The summed E-state index contributed by atoms with van der Waals surface area (Å²) in [5.41, 5.74) is 4.46. The Hall–Kier alpha value is -1.09. The van der Waals surface area contributed by atoms with Crippen molar-refractivity contribution in [3.05, 3.63) is 28.5 Å². The van der Waals surface area contributed by atoms with Crippen molar-refractivity contribution in [2.75, 3.05) is 0 Å². The largest absolute Gasteiger partial charge is 0.331 e. The molecule has 112 valence electrons. The maximum atomic E-state index is 5.71. The molecule has 0 radical (unpaired) electrons.